The van der Waals surface area contributed by atoms with Gasteiger partial charge in [0, 0.05) is 21.8 Å². The van der Waals surface area contributed by atoms with Crippen molar-refractivity contribution in [3.63, 3.8) is 0 Å². The zero-order valence-corrected chi connectivity index (χ0v) is 17.6. The maximum absolute atomic E-state index is 13.6. The summed E-state index contributed by atoms with van der Waals surface area (Å²) >= 11 is 3.38. The van der Waals surface area contributed by atoms with Crippen molar-refractivity contribution in [2.75, 3.05) is 10.2 Å². The average molecular weight is 454 g/mol. The highest BCUT2D eigenvalue weighted by molar-refractivity contribution is 9.10. The van der Waals surface area contributed by atoms with E-state index >= 15 is 0 Å². The molecule has 0 aromatic heterocycles. The average Bonchev–Trinajstić information content (AvgIpc) is 3.28. The maximum Gasteiger partial charge on any atom is 0.250 e. The van der Waals surface area contributed by atoms with Crippen molar-refractivity contribution in [2.24, 2.45) is 17.8 Å². The van der Waals surface area contributed by atoms with Crippen molar-refractivity contribution in [2.45, 2.75) is 25.4 Å². The van der Waals surface area contributed by atoms with Crippen LogP contribution < -0.4 is 15.5 Å². The van der Waals surface area contributed by atoms with Crippen LogP contribution in [0.5, 0.6) is 0 Å². The van der Waals surface area contributed by atoms with Crippen LogP contribution in [0.1, 0.15) is 19.4 Å². The molecule has 2 aromatic carbocycles. The molecule has 3 aliphatic rings. The van der Waals surface area contributed by atoms with E-state index in [0.717, 1.165) is 10.0 Å². The van der Waals surface area contributed by atoms with Crippen LogP contribution in [0.4, 0.5) is 11.4 Å². The standard InChI is InChI=1S/C22H20BrN3O3/c1-11(2)18-16-17(20(28)26(19(16)27)13-9-7-12(23)8-10-13)22(25-18)14-5-3-4-6-15(14)24-21(22)29/h3-11,16-18,25H,1-2H3,(H,24,29)/t16-,17+,18-,22-/m0/s1. The molecule has 6 nitrogen and oxygen atoms in total. The van der Waals surface area contributed by atoms with Gasteiger partial charge in [0.15, 0.2) is 0 Å². The number of carbonyl (C=O) groups is 3. The van der Waals surface area contributed by atoms with Gasteiger partial charge >= 0.3 is 0 Å². The zero-order valence-electron chi connectivity index (χ0n) is 16.0. The number of hydrogen-bond acceptors (Lipinski definition) is 4. The highest BCUT2D eigenvalue weighted by Crippen LogP contribution is 2.54. The normalized spacial score (nSPS) is 30.3. The number of imide groups is 1. The predicted molar refractivity (Wildman–Crippen MR) is 112 cm³/mol. The van der Waals surface area contributed by atoms with Gasteiger partial charge in [0.25, 0.3) is 0 Å². The lowest BCUT2D eigenvalue weighted by molar-refractivity contribution is -0.130. The molecule has 2 aromatic rings. The van der Waals surface area contributed by atoms with E-state index in [1.165, 1.54) is 4.90 Å². The van der Waals surface area contributed by atoms with Gasteiger partial charge < -0.3 is 5.32 Å². The van der Waals surface area contributed by atoms with E-state index in [1.54, 1.807) is 24.3 Å². The lowest BCUT2D eigenvalue weighted by Gasteiger charge is -2.30. The number of hydrogen-bond donors (Lipinski definition) is 2. The molecule has 7 heteroatoms. The molecule has 148 valence electrons. The fourth-order valence-corrected chi connectivity index (χ4v) is 5.37. The third-order valence-corrected chi connectivity index (χ3v) is 6.89. The van der Waals surface area contributed by atoms with Crippen LogP contribution in [-0.4, -0.2) is 23.8 Å². The van der Waals surface area contributed by atoms with Crippen molar-refractivity contribution >= 4 is 45.0 Å². The molecule has 3 amide bonds. The lowest BCUT2D eigenvalue weighted by Crippen LogP contribution is -2.54. The summed E-state index contributed by atoms with van der Waals surface area (Å²) in [6, 6.07) is 14.2. The minimum absolute atomic E-state index is 0.0732. The van der Waals surface area contributed by atoms with E-state index in [0.29, 0.717) is 11.4 Å². The summed E-state index contributed by atoms with van der Waals surface area (Å²) in [4.78, 5) is 41.6. The summed E-state index contributed by atoms with van der Waals surface area (Å²) in [5.41, 5.74) is 0.729. The van der Waals surface area contributed by atoms with Crippen molar-refractivity contribution in [1.29, 1.82) is 0 Å². The van der Waals surface area contributed by atoms with Crippen molar-refractivity contribution in [3.05, 3.63) is 58.6 Å². The van der Waals surface area contributed by atoms with E-state index in [1.807, 2.05) is 38.1 Å². The highest BCUT2D eigenvalue weighted by atomic mass is 79.9. The molecule has 3 aliphatic heterocycles. The number of para-hydroxylation sites is 1. The van der Waals surface area contributed by atoms with Gasteiger partial charge in [-0.05, 0) is 36.2 Å². The zero-order chi connectivity index (χ0) is 20.5. The summed E-state index contributed by atoms with van der Waals surface area (Å²) in [5.74, 6) is -2.15. The molecule has 0 bridgehead atoms. The third-order valence-electron chi connectivity index (χ3n) is 6.36. The smallest absolute Gasteiger partial charge is 0.250 e. The highest BCUT2D eigenvalue weighted by Gasteiger charge is 2.70. The van der Waals surface area contributed by atoms with E-state index in [9.17, 15) is 14.4 Å². The van der Waals surface area contributed by atoms with Crippen LogP contribution in [-0.2, 0) is 19.9 Å². The molecule has 0 aliphatic carbocycles. The van der Waals surface area contributed by atoms with E-state index in [2.05, 4.69) is 26.6 Å². The first-order chi connectivity index (χ1) is 13.9. The van der Waals surface area contributed by atoms with Gasteiger partial charge in [0.05, 0.1) is 17.5 Å². The Balaban J connectivity index is 1.68. The van der Waals surface area contributed by atoms with Gasteiger partial charge in [-0.1, -0.05) is 48.0 Å². The van der Waals surface area contributed by atoms with Crippen LogP contribution in [0.25, 0.3) is 0 Å². The van der Waals surface area contributed by atoms with Gasteiger partial charge in [-0.15, -0.1) is 0 Å². The molecule has 5 rings (SSSR count). The topological polar surface area (TPSA) is 78.5 Å². The number of fused-ring (bicyclic) bond motifs is 4. The van der Waals surface area contributed by atoms with Crippen LogP contribution in [0, 0.1) is 17.8 Å². The van der Waals surface area contributed by atoms with Gasteiger partial charge in [0.1, 0.15) is 5.54 Å². The largest absolute Gasteiger partial charge is 0.324 e. The number of amides is 3. The first-order valence-corrected chi connectivity index (χ1v) is 10.5. The summed E-state index contributed by atoms with van der Waals surface area (Å²) < 4.78 is 0.864. The number of anilines is 2. The Kier molecular flexibility index (Phi) is 3.98. The Morgan fingerprint density at radius 3 is 2.38 bits per heavy atom. The van der Waals surface area contributed by atoms with Gasteiger partial charge in [-0.25, -0.2) is 4.90 Å². The minimum Gasteiger partial charge on any atom is -0.324 e. The van der Waals surface area contributed by atoms with Crippen molar-refractivity contribution < 1.29 is 14.4 Å². The van der Waals surface area contributed by atoms with Gasteiger partial charge in [-0.2, -0.15) is 0 Å². The van der Waals surface area contributed by atoms with Gasteiger partial charge in [0.2, 0.25) is 17.7 Å². The second-order valence-corrected chi connectivity index (χ2v) is 9.13. The van der Waals surface area contributed by atoms with E-state index in [4.69, 9.17) is 0 Å². The number of nitrogens with zero attached hydrogens (tertiary/aromatic N) is 1. The fraction of sp³-hybridized carbons (Fsp3) is 0.318. The molecule has 29 heavy (non-hydrogen) atoms. The Morgan fingerprint density at radius 1 is 1.00 bits per heavy atom. The van der Waals surface area contributed by atoms with Crippen LogP contribution >= 0.6 is 15.9 Å². The quantitative estimate of drug-likeness (QED) is 0.684. The molecular weight excluding hydrogens is 434 g/mol. The van der Waals surface area contributed by atoms with Crippen LogP contribution in [0.2, 0.25) is 0 Å². The SMILES string of the molecule is CC(C)[C@@H]1N[C@]2(C(=O)Nc3ccccc32)[C@H]2C(=O)N(c3ccc(Br)cc3)C(=O)[C@H]12. The first-order valence-electron chi connectivity index (χ1n) is 9.68. The van der Waals surface area contributed by atoms with E-state index in [-0.39, 0.29) is 29.7 Å². The first kappa shape index (κ1) is 18.5. The number of halogens is 1. The molecule has 4 atom stereocenters. The molecule has 2 fully saturated rings. The number of nitrogens with one attached hydrogen (secondary N) is 2. The van der Waals surface area contributed by atoms with Crippen LogP contribution in [0.3, 0.4) is 0 Å². The van der Waals surface area contributed by atoms with E-state index < -0.39 is 17.4 Å². The second-order valence-electron chi connectivity index (χ2n) is 8.21. The molecule has 0 unspecified atom stereocenters. The maximum atomic E-state index is 13.6. The van der Waals surface area contributed by atoms with Crippen molar-refractivity contribution in [3.8, 4) is 0 Å². The third kappa shape index (κ3) is 2.34. The monoisotopic (exact) mass is 453 g/mol. The second kappa shape index (κ2) is 6.24. The Labute approximate surface area is 176 Å². The Bertz CT molecular complexity index is 1050. The summed E-state index contributed by atoms with van der Waals surface area (Å²) in [6.07, 6.45) is 0. The molecule has 0 radical (unpaired) electrons. The lowest BCUT2D eigenvalue weighted by atomic mass is 9.76. The fourth-order valence-electron chi connectivity index (χ4n) is 5.11. The minimum atomic E-state index is -1.23. The molecule has 2 N–H and O–H groups in total. The van der Waals surface area contributed by atoms with Crippen molar-refractivity contribution in [1.82, 2.24) is 5.32 Å². The molecule has 3 heterocycles. The Morgan fingerprint density at radius 2 is 1.69 bits per heavy atom. The number of benzene rings is 2. The van der Waals surface area contributed by atoms with Gasteiger partial charge in [-0.3, -0.25) is 19.7 Å². The molecule has 1 spiro atoms. The molecular formula is C22H20BrN3O3. The summed E-state index contributed by atoms with van der Waals surface area (Å²) in [7, 11) is 0. The Hall–Kier alpha value is -2.51. The molecule has 2 saturated heterocycles. The molecule has 0 saturated carbocycles. The number of rotatable bonds is 2. The summed E-state index contributed by atoms with van der Waals surface area (Å²) in [5, 5.41) is 6.34. The number of carbonyl (C=O) groups excluding carboxylic acids is 3. The predicted octanol–water partition coefficient (Wildman–Crippen LogP) is 3.03. The van der Waals surface area contributed by atoms with Crippen LogP contribution in [0.15, 0.2) is 53.0 Å². The summed E-state index contributed by atoms with van der Waals surface area (Å²) in [6.45, 7) is 4.01.